The summed E-state index contributed by atoms with van der Waals surface area (Å²) in [7, 11) is 0. The minimum absolute atomic E-state index is 0.0598. The minimum Gasteiger partial charge on any atom is -0.462 e. The van der Waals surface area contributed by atoms with E-state index < -0.39 is 0 Å². The number of rotatable bonds is 5. The van der Waals surface area contributed by atoms with Crippen LogP contribution in [0.15, 0.2) is 42.6 Å². The highest BCUT2D eigenvalue weighted by atomic mass is 35.5. The number of aromatic nitrogens is 3. The molecule has 9 heteroatoms. The number of amides is 1. The number of halogens is 1. The number of nitrogens with one attached hydrogen (secondary N) is 1. The van der Waals surface area contributed by atoms with Gasteiger partial charge in [-0.05, 0) is 56.2 Å². The van der Waals surface area contributed by atoms with Crippen molar-refractivity contribution in [1.82, 2.24) is 14.6 Å². The maximum Gasteiger partial charge on any atom is 0.338 e. The first kappa shape index (κ1) is 20.2. The highest BCUT2D eigenvalue weighted by Crippen LogP contribution is 2.25. The molecule has 0 bridgehead atoms. The monoisotopic (exact) mass is 427 g/mol. The summed E-state index contributed by atoms with van der Waals surface area (Å²) < 4.78 is 6.82. The van der Waals surface area contributed by atoms with Gasteiger partial charge in [-0.25, -0.2) is 4.79 Å². The van der Waals surface area contributed by atoms with Gasteiger partial charge in [-0.1, -0.05) is 11.6 Å². The maximum absolute atomic E-state index is 12.8. The number of hydrogen-bond acceptors (Lipinski definition) is 6. The molecule has 1 aliphatic heterocycles. The zero-order valence-electron chi connectivity index (χ0n) is 16.5. The van der Waals surface area contributed by atoms with Crippen LogP contribution in [0.4, 0.5) is 11.6 Å². The highest BCUT2D eigenvalue weighted by Gasteiger charge is 2.28. The van der Waals surface area contributed by atoms with Gasteiger partial charge in [0.15, 0.2) is 5.65 Å². The zero-order valence-corrected chi connectivity index (χ0v) is 17.3. The Morgan fingerprint density at radius 3 is 2.80 bits per heavy atom. The molecule has 4 rings (SSSR count). The van der Waals surface area contributed by atoms with E-state index in [-0.39, 0.29) is 17.8 Å². The summed E-state index contributed by atoms with van der Waals surface area (Å²) in [6, 6.07) is 10.3. The number of pyridine rings is 1. The smallest absolute Gasteiger partial charge is 0.338 e. The van der Waals surface area contributed by atoms with Crippen molar-refractivity contribution in [2.24, 2.45) is 5.92 Å². The number of fused-ring (bicyclic) bond motifs is 1. The predicted octanol–water partition coefficient (Wildman–Crippen LogP) is 3.41. The van der Waals surface area contributed by atoms with E-state index in [1.807, 2.05) is 16.7 Å². The Morgan fingerprint density at radius 2 is 2.03 bits per heavy atom. The van der Waals surface area contributed by atoms with Crippen LogP contribution in [0.25, 0.3) is 5.65 Å². The standard InChI is InChI=1S/C21H22ClN5O3/c1-2-30-20(29)14-7-9-16(10-8-14)23-19(28)15-5-3-11-26(13-15)21-25-24-18-17(22)6-4-12-27(18)21/h4,6-10,12,15H,2-3,5,11,13H2,1H3,(H,23,28)/t15-/m1/s1. The molecule has 1 amide bonds. The fourth-order valence-corrected chi connectivity index (χ4v) is 3.81. The fraction of sp³-hybridized carbons (Fsp3) is 0.333. The summed E-state index contributed by atoms with van der Waals surface area (Å²) in [5.74, 6) is 0.0631. The fourth-order valence-electron chi connectivity index (χ4n) is 3.61. The summed E-state index contributed by atoms with van der Waals surface area (Å²) in [6.45, 7) is 3.42. The van der Waals surface area contributed by atoms with Gasteiger partial charge >= 0.3 is 5.97 Å². The SMILES string of the molecule is CCOC(=O)c1ccc(NC(=O)[C@@H]2CCCN(c3nnc4c(Cl)cccn34)C2)cc1. The van der Waals surface area contributed by atoms with E-state index in [4.69, 9.17) is 16.3 Å². The molecule has 1 N–H and O–H groups in total. The van der Waals surface area contributed by atoms with Crippen LogP contribution in [-0.4, -0.2) is 46.2 Å². The van der Waals surface area contributed by atoms with E-state index in [0.29, 0.717) is 41.0 Å². The number of hydrogen-bond donors (Lipinski definition) is 1. The average molecular weight is 428 g/mol. The van der Waals surface area contributed by atoms with Crippen LogP contribution in [-0.2, 0) is 9.53 Å². The molecule has 1 aromatic carbocycles. The lowest BCUT2D eigenvalue weighted by atomic mass is 9.97. The molecule has 3 heterocycles. The maximum atomic E-state index is 12.8. The van der Waals surface area contributed by atoms with Crippen molar-refractivity contribution in [3.8, 4) is 0 Å². The third-order valence-electron chi connectivity index (χ3n) is 5.11. The van der Waals surface area contributed by atoms with Gasteiger partial charge in [-0.2, -0.15) is 0 Å². The molecule has 1 fully saturated rings. The second-order valence-electron chi connectivity index (χ2n) is 7.12. The van der Waals surface area contributed by atoms with Crippen molar-refractivity contribution in [1.29, 1.82) is 0 Å². The topological polar surface area (TPSA) is 88.8 Å². The number of ether oxygens (including phenoxy) is 1. The van der Waals surface area contributed by atoms with E-state index >= 15 is 0 Å². The molecule has 1 saturated heterocycles. The van der Waals surface area contributed by atoms with Gasteiger partial charge in [0.25, 0.3) is 0 Å². The van der Waals surface area contributed by atoms with Crippen molar-refractivity contribution >= 4 is 40.8 Å². The van der Waals surface area contributed by atoms with E-state index in [1.165, 1.54) is 0 Å². The first-order valence-corrected chi connectivity index (χ1v) is 10.3. The van der Waals surface area contributed by atoms with E-state index in [2.05, 4.69) is 20.4 Å². The van der Waals surface area contributed by atoms with Gasteiger partial charge in [0.1, 0.15) is 0 Å². The van der Waals surface area contributed by atoms with Gasteiger partial charge in [0.2, 0.25) is 11.9 Å². The minimum atomic E-state index is -0.376. The Hall–Kier alpha value is -3.13. The molecule has 0 radical (unpaired) electrons. The number of nitrogens with zero attached hydrogens (tertiary/aromatic N) is 4. The summed E-state index contributed by atoms with van der Waals surface area (Å²) in [5, 5.41) is 11.9. The van der Waals surface area contributed by atoms with Crippen LogP contribution in [0.1, 0.15) is 30.1 Å². The van der Waals surface area contributed by atoms with Crippen LogP contribution in [0.5, 0.6) is 0 Å². The van der Waals surface area contributed by atoms with Gasteiger partial charge in [0.05, 0.1) is 23.1 Å². The molecule has 3 aromatic rings. The number of benzene rings is 1. The molecule has 30 heavy (non-hydrogen) atoms. The first-order chi connectivity index (χ1) is 14.6. The lowest BCUT2D eigenvalue weighted by Gasteiger charge is -2.32. The average Bonchev–Trinajstić information content (AvgIpc) is 3.20. The van der Waals surface area contributed by atoms with Crippen LogP contribution in [0.3, 0.4) is 0 Å². The van der Waals surface area contributed by atoms with Gasteiger partial charge < -0.3 is 15.0 Å². The van der Waals surface area contributed by atoms with E-state index in [0.717, 1.165) is 19.4 Å². The largest absolute Gasteiger partial charge is 0.462 e. The van der Waals surface area contributed by atoms with Gasteiger partial charge in [-0.15, -0.1) is 10.2 Å². The molecule has 0 spiro atoms. The molecule has 0 unspecified atom stereocenters. The molecular weight excluding hydrogens is 406 g/mol. The molecular formula is C21H22ClN5O3. The summed E-state index contributed by atoms with van der Waals surface area (Å²) in [4.78, 5) is 26.6. The summed E-state index contributed by atoms with van der Waals surface area (Å²) in [5.41, 5.74) is 1.70. The quantitative estimate of drug-likeness (QED) is 0.627. The predicted molar refractivity (Wildman–Crippen MR) is 114 cm³/mol. The van der Waals surface area contributed by atoms with E-state index in [9.17, 15) is 9.59 Å². The van der Waals surface area contributed by atoms with Crippen molar-refractivity contribution in [2.75, 3.05) is 29.9 Å². The second kappa shape index (κ2) is 8.71. The van der Waals surface area contributed by atoms with E-state index in [1.54, 1.807) is 37.3 Å². The number of carbonyl (C=O) groups is 2. The summed E-state index contributed by atoms with van der Waals surface area (Å²) >= 11 is 6.19. The molecule has 8 nitrogen and oxygen atoms in total. The first-order valence-electron chi connectivity index (χ1n) is 9.89. The molecule has 1 atom stereocenters. The Kier molecular flexibility index (Phi) is 5.85. The Labute approximate surface area is 178 Å². The third-order valence-corrected chi connectivity index (χ3v) is 5.40. The number of carbonyl (C=O) groups excluding carboxylic acids is 2. The van der Waals surface area contributed by atoms with Crippen molar-refractivity contribution in [3.05, 3.63) is 53.2 Å². The Bertz CT molecular complexity index is 1070. The normalized spacial score (nSPS) is 16.5. The number of anilines is 2. The van der Waals surface area contributed by atoms with Crippen LogP contribution in [0.2, 0.25) is 5.02 Å². The van der Waals surface area contributed by atoms with Crippen LogP contribution < -0.4 is 10.2 Å². The third kappa shape index (κ3) is 4.09. The molecule has 0 saturated carbocycles. The Balaban J connectivity index is 1.43. The van der Waals surface area contributed by atoms with Crippen molar-refractivity contribution in [2.45, 2.75) is 19.8 Å². The summed E-state index contributed by atoms with van der Waals surface area (Å²) in [6.07, 6.45) is 3.53. The number of esters is 1. The molecule has 156 valence electrons. The van der Waals surface area contributed by atoms with Gasteiger partial charge in [0, 0.05) is 25.0 Å². The molecule has 0 aliphatic carbocycles. The second-order valence-corrected chi connectivity index (χ2v) is 7.53. The number of piperidine rings is 1. The lowest BCUT2D eigenvalue weighted by molar-refractivity contribution is -0.120. The van der Waals surface area contributed by atoms with Crippen LogP contribution in [0, 0.1) is 5.92 Å². The highest BCUT2D eigenvalue weighted by molar-refractivity contribution is 6.33. The van der Waals surface area contributed by atoms with Crippen molar-refractivity contribution < 1.29 is 14.3 Å². The van der Waals surface area contributed by atoms with Crippen molar-refractivity contribution in [3.63, 3.8) is 0 Å². The van der Waals surface area contributed by atoms with Crippen LogP contribution >= 0.6 is 11.6 Å². The lowest BCUT2D eigenvalue weighted by Crippen LogP contribution is -2.41. The molecule has 2 aromatic heterocycles. The van der Waals surface area contributed by atoms with Gasteiger partial charge in [-0.3, -0.25) is 9.20 Å². The zero-order chi connectivity index (χ0) is 21.1. The Morgan fingerprint density at radius 1 is 1.23 bits per heavy atom. The molecule has 1 aliphatic rings.